The number of hydrogen-bond acceptors (Lipinski definition) is 4. The molecule has 0 radical (unpaired) electrons. The predicted octanol–water partition coefficient (Wildman–Crippen LogP) is 4.58. The number of fused-ring (bicyclic) bond motifs is 4. The molecule has 2 aliphatic rings. The molecule has 0 saturated carbocycles. The van der Waals surface area contributed by atoms with Crippen molar-refractivity contribution in [1.82, 2.24) is 15.2 Å². The first-order chi connectivity index (χ1) is 18.5. The number of nitrogens with one attached hydrogen (secondary N) is 2. The van der Waals surface area contributed by atoms with E-state index in [2.05, 4.69) is 16.9 Å². The summed E-state index contributed by atoms with van der Waals surface area (Å²) < 4.78 is 5.47. The molecular formula is C30H26N4O4. The van der Waals surface area contributed by atoms with E-state index in [1.807, 2.05) is 48.5 Å². The Bertz CT molecular complexity index is 1590. The summed E-state index contributed by atoms with van der Waals surface area (Å²) in [6, 6.07) is 20.5. The molecule has 2 atom stereocenters. The minimum atomic E-state index is -0.666. The van der Waals surface area contributed by atoms with E-state index in [1.165, 1.54) is 4.90 Å². The van der Waals surface area contributed by atoms with Crippen molar-refractivity contribution < 1.29 is 19.1 Å². The van der Waals surface area contributed by atoms with Crippen LogP contribution in [0.4, 0.5) is 10.5 Å². The van der Waals surface area contributed by atoms with E-state index in [1.54, 1.807) is 42.4 Å². The van der Waals surface area contributed by atoms with Crippen molar-refractivity contribution in [1.29, 1.82) is 0 Å². The number of aromatic nitrogens is 1. The Labute approximate surface area is 219 Å². The van der Waals surface area contributed by atoms with Crippen LogP contribution in [0, 0.1) is 0 Å². The highest BCUT2D eigenvalue weighted by atomic mass is 16.5. The minimum Gasteiger partial charge on any atom is -0.497 e. The molecule has 0 aliphatic carbocycles. The smallest absolute Gasteiger partial charge is 0.332 e. The second-order valence-corrected chi connectivity index (χ2v) is 9.37. The number of hydrogen-bond donors (Lipinski definition) is 2. The number of para-hydroxylation sites is 1. The molecule has 8 nitrogen and oxygen atoms in total. The molecule has 4 aromatic rings. The van der Waals surface area contributed by atoms with Crippen LogP contribution < -0.4 is 15.0 Å². The monoisotopic (exact) mass is 506 g/mol. The first-order valence-corrected chi connectivity index (χ1v) is 12.4. The highest BCUT2D eigenvalue weighted by Crippen LogP contribution is 2.45. The van der Waals surface area contributed by atoms with Crippen LogP contribution in [-0.4, -0.2) is 47.4 Å². The van der Waals surface area contributed by atoms with Crippen molar-refractivity contribution in [3.63, 3.8) is 0 Å². The van der Waals surface area contributed by atoms with Gasteiger partial charge in [0, 0.05) is 35.1 Å². The van der Waals surface area contributed by atoms with Crippen LogP contribution in [0.25, 0.3) is 10.9 Å². The van der Waals surface area contributed by atoms with Crippen molar-refractivity contribution in [2.45, 2.75) is 18.5 Å². The molecule has 1 fully saturated rings. The summed E-state index contributed by atoms with van der Waals surface area (Å²) in [5, 5.41) is 3.77. The number of carbonyl (C=O) groups excluding carboxylic acids is 3. The molecule has 1 saturated heterocycles. The van der Waals surface area contributed by atoms with Crippen molar-refractivity contribution in [3.05, 3.63) is 108 Å². The third-order valence-electron chi connectivity index (χ3n) is 7.25. The Kier molecular flexibility index (Phi) is 5.72. The third-order valence-corrected chi connectivity index (χ3v) is 7.25. The number of aromatic amines is 1. The molecule has 8 heteroatoms. The second-order valence-electron chi connectivity index (χ2n) is 9.37. The lowest BCUT2D eigenvalue weighted by atomic mass is 9.89. The largest absolute Gasteiger partial charge is 0.497 e. The number of methoxy groups -OCH3 is 1. The SMILES string of the molecule is C=CCNC(=O)c1ccc(N2C(=O)[C@@H]3Cc4c([nH]c5ccccc45)[C@@H](c4cccc(OC)c4)N3C2=O)cc1. The Morgan fingerprint density at radius 3 is 2.66 bits per heavy atom. The summed E-state index contributed by atoms with van der Waals surface area (Å²) in [7, 11) is 1.60. The van der Waals surface area contributed by atoms with Gasteiger partial charge in [-0.3, -0.25) is 14.5 Å². The standard InChI is InChI=1S/C30H26N4O4/c1-3-15-31-28(35)18-11-13-20(14-12-18)33-29(36)25-17-23-22-9-4-5-10-24(22)32-26(23)27(34(25)30(33)37)19-7-6-8-21(16-19)38-2/h3-14,16,25,27,32H,1,15,17H2,2H3,(H,31,35)/t25-,27+/m0/s1. The maximum atomic E-state index is 14.0. The van der Waals surface area contributed by atoms with Gasteiger partial charge in [-0.1, -0.05) is 36.4 Å². The lowest BCUT2D eigenvalue weighted by molar-refractivity contribution is -0.120. The molecule has 38 heavy (non-hydrogen) atoms. The number of carbonyl (C=O) groups is 3. The van der Waals surface area contributed by atoms with Crippen molar-refractivity contribution in [2.24, 2.45) is 0 Å². The van der Waals surface area contributed by atoms with Crippen LogP contribution in [0.15, 0.2) is 85.5 Å². The lowest BCUT2D eigenvalue weighted by Gasteiger charge is -2.36. The Morgan fingerprint density at radius 2 is 1.89 bits per heavy atom. The van der Waals surface area contributed by atoms with Gasteiger partial charge in [-0.05, 0) is 53.6 Å². The van der Waals surface area contributed by atoms with E-state index in [9.17, 15) is 14.4 Å². The molecule has 2 aliphatic heterocycles. The second kappa shape index (κ2) is 9.23. The van der Waals surface area contributed by atoms with E-state index in [0.29, 0.717) is 30.0 Å². The fourth-order valence-electron chi connectivity index (χ4n) is 5.50. The molecule has 0 bridgehead atoms. The van der Waals surface area contributed by atoms with Gasteiger partial charge in [-0.25, -0.2) is 9.69 Å². The van der Waals surface area contributed by atoms with Gasteiger partial charge in [0.05, 0.1) is 12.8 Å². The molecule has 3 heterocycles. The molecular weight excluding hydrogens is 480 g/mol. The minimum absolute atomic E-state index is 0.253. The van der Waals surface area contributed by atoms with E-state index in [4.69, 9.17) is 4.74 Å². The van der Waals surface area contributed by atoms with Gasteiger partial charge in [0.2, 0.25) is 0 Å². The lowest BCUT2D eigenvalue weighted by Crippen LogP contribution is -2.44. The summed E-state index contributed by atoms with van der Waals surface area (Å²) in [4.78, 5) is 46.5. The van der Waals surface area contributed by atoms with E-state index in [0.717, 1.165) is 27.7 Å². The number of nitrogens with zero attached hydrogens (tertiary/aromatic N) is 2. The normalized spacial score (nSPS) is 18.3. The molecule has 1 aromatic heterocycles. The van der Waals surface area contributed by atoms with Crippen LogP contribution in [-0.2, 0) is 11.2 Å². The molecule has 2 N–H and O–H groups in total. The number of amides is 4. The van der Waals surface area contributed by atoms with Gasteiger partial charge in [0.15, 0.2) is 0 Å². The number of rotatable bonds is 6. The van der Waals surface area contributed by atoms with Gasteiger partial charge in [0.25, 0.3) is 11.8 Å². The first kappa shape index (κ1) is 23.5. The quantitative estimate of drug-likeness (QED) is 0.296. The average Bonchev–Trinajstić information content (AvgIpc) is 3.44. The Balaban J connectivity index is 1.42. The van der Waals surface area contributed by atoms with Crippen LogP contribution in [0.2, 0.25) is 0 Å². The molecule has 6 rings (SSSR count). The fourth-order valence-corrected chi connectivity index (χ4v) is 5.50. The number of H-pyrrole nitrogens is 1. The number of imide groups is 1. The van der Waals surface area contributed by atoms with Crippen LogP contribution >= 0.6 is 0 Å². The highest BCUT2D eigenvalue weighted by Gasteiger charge is 2.53. The highest BCUT2D eigenvalue weighted by molar-refractivity contribution is 6.22. The zero-order valence-electron chi connectivity index (χ0n) is 20.8. The van der Waals surface area contributed by atoms with Crippen LogP contribution in [0.1, 0.15) is 33.2 Å². The van der Waals surface area contributed by atoms with Crippen molar-refractivity contribution in [2.75, 3.05) is 18.6 Å². The number of ether oxygens (including phenoxy) is 1. The maximum Gasteiger partial charge on any atom is 0.332 e. The fraction of sp³-hybridized carbons (Fsp3) is 0.167. The van der Waals surface area contributed by atoms with Gasteiger partial charge in [0.1, 0.15) is 17.8 Å². The van der Waals surface area contributed by atoms with E-state index < -0.39 is 18.1 Å². The zero-order valence-corrected chi connectivity index (χ0v) is 20.8. The number of benzene rings is 3. The number of anilines is 1. The van der Waals surface area contributed by atoms with Gasteiger partial charge < -0.3 is 15.0 Å². The van der Waals surface area contributed by atoms with Crippen molar-refractivity contribution >= 4 is 34.4 Å². The summed E-state index contributed by atoms with van der Waals surface area (Å²) in [6.45, 7) is 3.95. The predicted molar refractivity (Wildman–Crippen MR) is 144 cm³/mol. The Morgan fingerprint density at radius 1 is 1.11 bits per heavy atom. The van der Waals surface area contributed by atoms with Gasteiger partial charge >= 0.3 is 6.03 Å². The van der Waals surface area contributed by atoms with Crippen LogP contribution in [0.3, 0.4) is 0 Å². The topological polar surface area (TPSA) is 94.7 Å². The third kappa shape index (κ3) is 3.64. The van der Waals surface area contributed by atoms with Gasteiger partial charge in [-0.2, -0.15) is 0 Å². The summed E-state index contributed by atoms with van der Waals surface area (Å²) in [6.07, 6.45) is 2.00. The van der Waals surface area contributed by atoms with Crippen LogP contribution in [0.5, 0.6) is 5.75 Å². The molecule has 0 unspecified atom stereocenters. The number of urea groups is 1. The van der Waals surface area contributed by atoms with Gasteiger partial charge in [-0.15, -0.1) is 6.58 Å². The molecule has 4 amide bonds. The molecule has 190 valence electrons. The first-order valence-electron chi connectivity index (χ1n) is 12.4. The molecule has 0 spiro atoms. The summed E-state index contributed by atoms with van der Waals surface area (Å²) in [5.41, 5.74) is 4.60. The van der Waals surface area contributed by atoms with E-state index in [-0.39, 0.29) is 11.8 Å². The van der Waals surface area contributed by atoms with E-state index >= 15 is 0 Å². The van der Waals surface area contributed by atoms with Crippen molar-refractivity contribution in [3.8, 4) is 5.75 Å². The maximum absolute atomic E-state index is 14.0. The zero-order chi connectivity index (χ0) is 26.4. The average molecular weight is 507 g/mol. The summed E-state index contributed by atoms with van der Waals surface area (Å²) >= 11 is 0. The summed E-state index contributed by atoms with van der Waals surface area (Å²) in [5.74, 6) is 0.126. The molecule has 3 aromatic carbocycles. The Hall–Kier alpha value is -4.85.